The number of hydrogen-bond acceptors (Lipinski definition) is 2. The summed E-state index contributed by atoms with van der Waals surface area (Å²) < 4.78 is 38.7. The van der Waals surface area contributed by atoms with Crippen molar-refractivity contribution in [3.63, 3.8) is 0 Å². The molecule has 6 heteroatoms. The molecule has 1 aliphatic heterocycles. The average molecular weight is 453 g/mol. The summed E-state index contributed by atoms with van der Waals surface area (Å²) in [7, 11) is 0. The second-order valence-electron chi connectivity index (χ2n) is 8.56. The van der Waals surface area contributed by atoms with Gasteiger partial charge in [-0.05, 0) is 71.5 Å². The quantitative estimate of drug-likeness (QED) is 0.444. The summed E-state index contributed by atoms with van der Waals surface area (Å²) in [6.07, 6.45) is -2.42. The molecule has 0 aromatic heterocycles. The molecule has 1 aliphatic rings. The molecule has 0 radical (unpaired) electrons. The molecule has 3 nitrogen and oxygen atoms in total. The molecule has 3 aromatic rings. The maximum atomic E-state index is 13.1. The first-order chi connectivity index (χ1) is 15.8. The van der Waals surface area contributed by atoms with Gasteiger partial charge in [0.25, 0.3) is 5.91 Å². The Balaban J connectivity index is 1.58. The van der Waals surface area contributed by atoms with Gasteiger partial charge >= 0.3 is 6.18 Å². The van der Waals surface area contributed by atoms with E-state index in [9.17, 15) is 18.0 Å². The van der Waals surface area contributed by atoms with Crippen LogP contribution in [0.1, 0.15) is 53.4 Å². The van der Waals surface area contributed by atoms with Gasteiger partial charge in [-0.1, -0.05) is 56.7 Å². The van der Waals surface area contributed by atoms with Crippen molar-refractivity contribution < 1.29 is 18.0 Å². The maximum absolute atomic E-state index is 13.1. The minimum absolute atomic E-state index is 0.294. The first-order valence-electron chi connectivity index (χ1n) is 11.2. The predicted octanol–water partition coefficient (Wildman–Crippen LogP) is 6.86. The molecular weight excluding hydrogens is 425 g/mol. The molecule has 0 fully saturated rings. The smallest absolute Gasteiger partial charge is 0.322 e. The summed E-state index contributed by atoms with van der Waals surface area (Å²) in [5.41, 5.74) is 4.06. The van der Waals surface area contributed by atoms with Gasteiger partial charge in [0, 0.05) is 17.3 Å². The molecular formula is C27H27F3N2O. The Bertz CT molecular complexity index is 1140. The fraction of sp³-hybridized carbons (Fsp3) is 0.296. The van der Waals surface area contributed by atoms with Crippen LogP contribution in [0.5, 0.6) is 0 Å². The second-order valence-corrected chi connectivity index (χ2v) is 8.56. The first kappa shape index (κ1) is 23.1. The Morgan fingerprint density at radius 1 is 1.09 bits per heavy atom. The van der Waals surface area contributed by atoms with E-state index in [2.05, 4.69) is 30.5 Å². The van der Waals surface area contributed by atoms with Gasteiger partial charge in [-0.15, -0.1) is 0 Å². The van der Waals surface area contributed by atoms with Gasteiger partial charge < -0.3 is 10.6 Å². The molecule has 3 aromatic carbocycles. The summed E-state index contributed by atoms with van der Waals surface area (Å²) in [6, 6.07) is 18.2. The van der Waals surface area contributed by atoms with Gasteiger partial charge in [0.1, 0.15) is 0 Å². The van der Waals surface area contributed by atoms with Crippen LogP contribution in [0.4, 0.5) is 18.9 Å². The molecule has 0 saturated heterocycles. The van der Waals surface area contributed by atoms with E-state index in [1.807, 2.05) is 12.1 Å². The molecule has 0 saturated carbocycles. The molecule has 4 rings (SSSR count). The number of halogens is 3. The summed E-state index contributed by atoms with van der Waals surface area (Å²) in [5.74, 6) is 0.220. The van der Waals surface area contributed by atoms with Crippen molar-refractivity contribution in [2.45, 2.75) is 38.9 Å². The monoisotopic (exact) mass is 452 g/mol. The van der Waals surface area contributed by atoms with Crippen molar-refractivity contribution in [3.05, 3.63) is 89.0 Å². The highest BCUT2D eigenvalue weighted by atomic mass is 19.4. The average Bonchev–Trinajstić information content (AvgIpc) is 2.82. The summed E-state index contributed by atoms with van der Waals surface area (Å²) in [6.45, 7) is 5.32. The summed E-state index contributed by atoms with van der Waals surface area (Å²) in [4.78, 5) is 13.1. The van der Waals surface area contributed by atoms with E-state index in [0.29, 0.717) is 34.3 Å². The van der Waals surface area contributed by atoms with Gasteiger partial charge in [-0.25, -0.2) is 0 Å². The minimum atomic E-state index is -4.40. The number of fused-ring (bicyclic) bond motifs is 1. The van der Waals surface area contributed by atoms with Gasteiger partial charge in [-0.2, -0.15) is 13.2 Å². The third kappa shape index (κ3) is 4.96. The first-order valence-corrected chi connectivity index (χ1v) is 11.2. The highest BCUT2D eigenvalue weighted by Gasteiger charge is 2.30. The Labute approximate surface area is 192 Å². The Morgan fingerprint density at radius 2 is 1.82 bits per heavy atom. The molecule has 1 heterocycles. The number of rotatable bonds is 5. The Morgan fingerprint density at radius 3 is 2.52 bits per heavy atom. The lowest BCUT2D eigenvalue weighted by atomic mass is 9.85. The van der Waals surface area contributed by atoms with E-state index < -0.39 is 11.7 Å². The number of amides is 1. The van der Waals surface area contributed by atoms with E-state index in [1.54, 1.807) is 24.3 Å². The van der Waals surface area contributed by atoms with Crippen molar-refractivity contribution in [1.82, 2.24) is 5.32 Å². The summed E-state index contributed by atoms with van der Waals surface area (Å²) in [5, 5.41) is 6.57. The lowest BCUT2D eigenvalue weighted by Crippen LogP contribution is -2.33. The standard InChI is InChI=1S/C27H27F3N2O/c1-3-17(2)25-23-13-12-21(16-19(23)14-15-31-25)32-26(33)24-7-5-4-6-22(24)18-8-10-20(11-9-18)27(28,29)30/h4-13,16-17,25,31H,3,14-15H2,1-2H3,(H,32,33). The third-order valence-electron chi connectivity index (χ3n) is 6.40. The van der Waals surface area contributed by atoms with Crippen LogP contribution in [0.3, 0.4) is 0 Å². The molecule has 0 bridgehead atoms. The van der Waals surface area contributed by atoms with Crippen LogP contribution >= 0.6 is 0 Å². The molecule has 2 atom stereocenters. The van der Waals surface area contributed by atoms with Gasteiger partial charge in [-0.3, -0.25) is 4.79 Å². The molecule has 2 N–H and O–H groups in total. The number of carbonyl (C=O) groups excluding carboxylic acids is 1. The zero-order valence-electron chi connectivity index (χ0n) is 18.7. The van der Waals surface area contributed by atoms with E-state index in [0.717, 1.165) is 31.5 Å². The second kappa shape index (κ2) is 9.40. The maximum Gasteiger partial charge on any atom is 0.416 e. The largest absolute Gasteiger partial charge is 0.416 e. The zero-order chi connectivity index (χ0) is 23.6. The van der Waals surface area contributed by atoms with Crippen molar-refractivity contribution in [1.29, 1.82) is 0 Å². The minimum Gasteiger partial charge on any atom is -0.322 e. The van der Waals surface area contributed by atoms with Gasteiger partial charge in [0.05, 0.1) is 5.56 Å². The van der Waals surface area contributed by atoms with Gasteiger partial charge in [0.2, 0.25) is 0 Å². The predicted molar refractivity (Wildman–Crippen MR) is 125 cm³/mol. The Hall–Kier alpha value is -3.12. The number of alkyl halides is 3. The normalized spacial score (nSPS) is 16.7. The molecule has 33 heavy (non-hydrogen) atoms. The topological polar surface area (TPSA) is 41.1 Å². The lowest BCUT2D eigenvalue weighted by Gasteiger charge is -2.31. The fourth-order valence-electron chi connectivity index (χ4n) is 4.39. The number of hydrogen-bond donors (Lipinski definition) is 2. The van der Waals surface area contributed by atoms with Crippen LogP contribution in [0.25, 0.3) is 11.1 Å². The van der Waals surface area contributed by atoms with Crippen LogP contribution in [-0.2, 0) is 12.6 Å². The SMILES string of the molecule is CCC(C)C1NCCc2cc(NC(=O)c3ccccc3-c3ccc(C(F)(F)F)cc3)ccc21. The van der Waals surface area contributed by atoms with Gasteiger partial charge in [0.15, 0.2) is 0 Å². The number of carbonyl (C=O) groups is 1. The van der Waals surface area contributed by atoms with E-state index in [1.165, 1.54) is 23.3 Å². The van der Waals surface area contributed by atoms with Crippen LogP contribution in [0, 0.1) is 5.92 Å². The Kier molecular flexibility index (Phi) is 6.56. The van der Waals surface area contributed by atoms with E-state index in [4.69, 9.17) is 0 Å². The molecule has 0 aliphatic carbocycles. The lowest BCUT2D eigenvalue weighted by molar-refractivity contribution is -0.137. The highest BCUT2D eigenvalue weighted by molar-refractivity contribution is 6.08. The molecule has 0 spiro atoms. The van der Waals surface area contributed by atoms with Crippen LogP contribution in [-0.4, -0.2) is 12.5 Å². The third-order valence-corrected chi connectivity index (χ3v) is 6.40. The number of anilines is 1. The number of nitrogens with one attached hydrogen (secondary N) is 2. The summed E-state index contributed by atoms with van der Waals surface area (Å²) >= 11 is 0. The van der Waals surface area contributed by atoms with Crippen molar-refractivity contribution in [2.75, 3.05) is 11.9 Å². The fourth-order valence-corrected chi connectivity index (χ4v) is 4.39. The molecule has 1 amide bonds. The van der Waals surface area contributed by atoms with E-state index >= 15 is 0 Å². The van der Waals surface area contributed by atoms with E-state index in [-0.39, 0.29) is 5.91 Å². The molecule has 172 valence electrons. The molecule has 2 unspecified atom stereocenters. The van der Waals surface area contributed by atoms with Crippen molar-refractivity contribution in [3.8, 4) is 11.1 Å². The van der Waals surface area contributed by atoms with Crippen LogP contribution in [0.2, 0.25) is 0 Å². The van der Waals surface area contributed by atoms with Crippen molar-refractivity contribution >= 4 is 11.6 Å². The van der Waals surface area contributed by atoms with Crippen molar-refractivity contribution in [2.24, 2.45) is 5.92 Å². The number of benzene rings is 3. The van der Waals surface area contributed by atoms with Crippen LogP contribution in [0.15, 0.2) is 66.7 Å². The highest BCUT2D eigenvalue weighted by Crippen LogP contribution is 2.34. The zero-order valence-corrected chi connectivity index (χ0v) is 18.7. The van der Waals surface area contributed by atoms with Crippen LogP contribution < -0.4 is 10.6 Å².